The van der Waals surface area contributed by atoms with Crippen LogP contribution in [0.3, 0.4) is 0 Å². The average Bonchev–Trinajstić information content (AvgIpc) is 2.78. The summed E-state index contributed by atoms with van der Waals surface area (Å²) < 4.78 is 0. The first-order valence-electron chi connectivity index (χ1n) is 13.3. The molecule has 0 unspecified atom stereocenters. The number of rotatable bonds is 23. The van der Waals surface area contributed by atoms with Gasteiger partial charge in [0.05, 0.1) is 25.0 Å². The fraction of sp³-hybridized carbons (Fsp3) is 0.846. The Morgan fingerprint density at radius 1 is 0.500 bits per heavy atom. The molecule has 0 fully saturated rings. The van der Waals surface area contributed by atoms with E-state index in [-0.39, 0.29) is 96.9 Å². The normalized spacial score (nSPS) is 10.2. The number of nitrogens with zero attached hydrogens (tertiary/aromatic N) is 2. The second-order valence-electron chi connectivity index (χ2n) is 9.12. The molecule has 0 aromatic carbocycles. The van der Waals surface area contributed by atoms with Crippen LogP contribution < -0.4 is 69.3 Å². The van der Waals surface area contributed by atoms with E-state index < -0.39 is 25.0 Å². The van der Waals surface area contributed by atoms with Crippen LogP contribution in [0.4, 0.5) is 0 Å². The molecule has 0 bridgehead atoms. The van der Waals surface area contributed by atoms with Crippen LogP contribution in [0, 0.1) is 0 Å². The van der Waals surface area contributed by atoms with E-state index in [1.807, 2.05) is 0 Å². The van der Waals surface area contributed by atoms with Crippen molar-refractivity contribution in [3.8, 4) is 0 Å². The molecule has 2 amide bonds. The Labute approximate surface area is 262 Å². The molecular weight excluding hydrogens is 482 g/mol. The minimum Gasteiger partial charge on any atom is -0.548 e. The minimum absolute atomic E-state index is 0. The van der Waals surface area contributed by atoms with Crippen LogP contribution in [0.25, 0.3) is 0 Å². The zero-order chi connectivity index (χ0) is 25.6. The largest absolute Gasteiger partial charge is 1.00 e. The molecule has 0 aromatic rings. The van der Waals surface area contributed by atoms with Crippen molar-refractivity contribution in [3.05, 3.63) is 0 Å². The van der Waals surface area contributed by atoms with Gasteiger partial charge in [-0.15, -0.1) is 0 Å². The molecule has 0 aliphatic carbocycles. The molecule has 0 heterocycles. The molecule has 0 aromatic heterocycles. The van der Waals surface area contributed by atoms with E-state index in [9.17, 15) is 29.4 Å². The number of hydrogen-bond acceptors (Lipinski definition) is 6. The van der Waals surface area contributed by atoms with Crippen molar-refractivity contribution in [2.45, 2.75) is 117 Å². The smallest absolute Gasteiger partial charge is 0.548 e. The van der Waals surface area contributed by atoms with Crippen LogP contribution >= 0.6 is 0 Å². The van der Waals surface area contributed by atoms with Gasteiger partial charge in [-0.1, -0.05) is 90.9 Å². The van der Waals surface area contributed by atoms with E-state index in [2.05, 4.69) is 13.8 Å². The average molecular weight is 529 g/mol. The quantitative estimate of drug-likeness (QED) is 0.1000. The Morgan fingerprint density at radius 2 is 0.778 bits per heavy atom. The zero-order valence-electron chi connectivity index (χ0n) is 23.5. The van der Waals surface area contributed by atoms with E-state index >= 15 is 0 Å². The van der Waals surface area contributed by atoms with Gasteiger partial charge in [-0.3, -0.25) is 9.59 Å². The van der Waals surface area contributed by atoms with Crippen molar-refractivity contribution in [1.82, 2.24) is 9.80 Å². The number of unbranched alkanes of at least 4 members (excludes halogenated alkanes) is 12. The minimum atomic E-state index is -1.38. The summed E-state index contributed by atoms with van der Waals surface area (Å²) in [6.45, 7) is 3.09. The Balaban J connectivity index is -0.00000544. The van der Waals surface area contributed by atoms with Crippen LogP contribution in [0.2, 0.25) is 0 Å². The van der Waals surface area contributed by atoms with Crippen molar-refractivity contribution in [2.75, 3.05) is 26.2 Å². The molecule has 0 spiro atoms. The van der Waals surface area contributed by atoms with Crippen LogP contribution in [0.5, 0.6) is 0 Å². The third-order valence-electron chi connectivity index (χ3n) is 5.97. The van der Waals surface area contributed by atoms with E-state index in [0.717, 1.165) is 48.3 Å². The van der Waals surface area contributed by atoms with E-state index in [0.29, 0.717) is 12.8 Å². The molecule has 0 N–H and O–H groups in total. The molecule has 0 aliphatic rings. The molecule has 36 heavy (non-hydrogen) atoms. The topological polar surface area (TPSA) is 121 Å². The SMILES string of the molecule is CCCCCCCCCC(=O)N(CCN(CC(=O)[O-])C(=O)CCCCCCCCC)CC(=O)[O-].[Na+].[Na+]. The van der Waals surface area contributed by atoms with E-state index in [1.54, 1.807) is 0 Å². The Morgan fingerprint density at radius 3 is 1.06 bits per heavy atom. The van der Waals surface area contributed by atoms with Crippen LogP contribution in [0.15, 0.2) is 0 Å². The number of carbonyl (C=O) groups is 4. The molecule has 0 aliphatic heterocycles. The van der Waals surface area contributed by atoms with Gasteiger partial charge < -0.3 is 29.6 Å². The molecule has 0 saturated carbocycles. The predicted octanol–water partition coefficient (Wildman–Crippen LogP) is -3.57. The molecule has 0 atom stereocenters. The Kier molecular flexibility index (Phi) is 31.3. The van der Waals surface area contributed by atoms with Gasteiger partial charge in [0.2, 0.25) is 11.8 Å². The number of carboxylic acids is 2. The van der Waals surface area contributed by atoms with Gasteiger partial charge in [0.25, 0.3) is 0 Å². The van der Waals surface area contributed by atoms with Crippen LogP contribution in [0.1, 0.15) is 117 Å². The summed E-state index contributed by atoms with van der Waals surface area (Å²) >= 11 is 0. The second-order valence-corrected chi connectivity index (χ2v) is 9.12. The molecule has 0 radical (unpaired) electrons. The maximum Gasteiger partial charge on any atom is 1.00 e. The molecule has 8 nitrogen and oxygen atoms in total. The third kappa shape index (κ3) is 24.2. The molecule has 0 rings (SSSR count). The molecule has 0 saturated heterocycles. The van der Waals surface area contributed by atoms with Crippen molar-refractivity contribution >= 4 is 23.8 Å². The summed E-state index contributed by atoms with van der Waals surface area (Å²) in [5.74, 6) is -3.39. The fourth-order valence-electron chi connectivity index (χ4n) is 3.92. The first-order valence-corrected chi connectivity index (χ1v) is 13.3. The summed E-state index contributed by atoms with van der Waals surface area (Å²) in [6.07, 6.45) is 15.1. The van der Waals surface area contributed by atoms with Crippen molar-refractivity contribution in [2.24, 2.45) is 0 Å². The van der Waals surface area contributed by atoms with Gasteiger partial charge in [-0.25, -0.2) is 0 Å². The van der Waals surface area contributed by atoms with Crippen molar-refractivity contribution in [1.29, 1.82) is 0 Å². The standard InChI is InChI=1S/C26H48N2O6.2Na/c1-3-5-7-9-11-13-15-17-23(29)27(21-25(31)32)19-20-28(22-26(33)34)24(30)18-16-14-12-10-8-6-4-2;;/h3-22H2,1-2H3,(H,31,32)(H,33,34);;/q;2*+1/p-2. The van der Waals surface area contributed by atoms with Gasteiger partial charge in [-0.05, 0) is 12.8 Å². The van der Waals surface area contributed by atoms with Gasteiger partial charge in [-0.2, -0.15) is 0 Å². The predicted molar refractivity (Wildman–Crippen MR) is 128 cm³/mol. The Hall–Kier alpha value is -0.120. The summed E-state index contributed by atoms with van der Waals surface area (Å²) in [5.41, 5.74) is 0. The summed E-state index contributed by atoms with van der Waals surface area (Å²) in [7, 11) is 0. The van der Waals surface area contributed by atoms with Crippen LogP contribution in [-0.2, 0) is 19.2 Å². The van der Waals surface area contributed by atoms with Gasteiger partial charge in [0.15, 0.2) is 0 Å². The van der Waals surface area contributed by atoms with Gasteiger partial charge in [0, 0.05) is 25.9 Å². The third-order valence-corrected chi connectivity index (χ3v) is 5.97. The summed E-state index contributed by atoms with van der Waals surface area (Å²) in [6, 6.07) is 0. The van der Waals surface area contributed by atoms with Crippen molar-refractivity contribution < 1.29 is 88.5 Å². The first-order chi connectivity index (χ1) is 16.3. The van der Waals surface area contributed by atoms with Crippen molar-refractivity contribution in [3.63, 3.8) is 0 Å². The maximum absolute atomic E-state index is 12.5. The number of carboxylic acid groups (broad SMARTS) is 2. The summed E-state index contributed by atoms with van der Waals surface area (Å²) in [4.78, 5) is 49.6. The number of amides is 2. The second kappa shape index (κ2) is 27.9. The molecule has 10 heteroatoms. The number of aliphatic carboxylic acids is 2. The van der Waals surface area contributed by atoms with Crippen LogP contribution in [-0.4, -0.2) is 59.7 Å². The van der Waals surface area contributed by atoms with Gasteiger partial charge >= 0.3 is 59.1 Å². The van der Waals surface area contributed by atoms with E-state index in [1.165, 1.54) is 38.5 Å². The zero-order valence-corrected chi connectivity index (χ0v) is 27.5. The number of carbonyl (C=O) groups excluding carboxylic acids is 4. The summed E-state index contributed by atoms with van der Waals surface area (Å²) in [5, 5.41) is 22.3. The molecular formula is C26H46N2Na2O6. The first kappa shape index (κ1) is 40.4. The maximum atomic E-state index is 12.5. The monoisotopic (exact) mass is 528 g/mol. The Bertz CT molecular complexity index is 543. The van der Waals surface area contributed by atoms with Gasteiger partial charge in [0.1, 0.15) is 0 Å². The number of hydrogen-bond donors (Lipinski definition) is 0. The fourth-order valence-corrected chi connectivity index (χ4v) is 3.92. The van der Waals surface area contributed by atoms with E-state index in [4.69, 9.17) is 0 Å². The molecule has 198 valence electrons.